The second kappa shape index (κ2) is 26.3. The molecule has 0 spiro atoms. The van der Waals surface area contributed by atoms with Crippen LogP contribution in [0.15, 0.2) is 334 Å². The van der Waals surface area contributed by atoms with Crippen molar-refractivity contribution >= 4 is 147 Å². The molecule has 20 aromatic rings. The van der Waals surface area contributed by atoms with Crippen LogP contribution in [0.4, 0.5) is 17.1 Å². The van der Waals surface area contributed by atoms with Crippen molar-refractivity contribution in [1.29, 1.82) is 0 Å². The number of hydrogen-bond acceptors (Lipinski definition) is 2. The predicted octanol–water partition coefficient (Wildman–Crippen LogP) is 30.4. The molecule has 2 nitrogen and oxygen atoms in total. The Hall–Kier alpha value is -12.9. The van der Waals surface area contributed by atoms with Crippen molar-refractivity contribution in [1.82, 2.24) is 4.57 Å². The third-order valence-corrected chi connectivity index (χ3v) is 27.3. The SMILES string of the molecule is CC(C)(C)c1ccc(-c2cc(N3c4cc(-c5c(-c6ccccc6-c6ccccc6)cc(-c6ccccc6)cc5-c5ccccc5-c5ccccc5)cc5c4B(c4sc6ccc(C(C)(C)C)cc6c43)c3cc4c6ccccc6c6ccccc6c4c4c6c7c8ccccc8c8ccccc8c7ccc6n-5c34)ccc2C(C)(C)C)c(C(C)(C)C)c1. The summed E-state index contributed by atoms with van der Waals surface area (Å²) in [4.78, 5) is 2.79. The molecule has 0 N–H and O–H groups in total. The van der Waals surface area contributed by atoms with Crippen LogP contribution in [0, 0.1) is 0 Å². The normalized spacial score (nSPS) is 13.1. The molecule has 566 valence electrons. The fourth-order valence-electron chi connectivity index (χ4n) is 20.6. The fraction of sp³-hybridized carbons (Fsp3) is 0.140. The van der Waals surface area contributed by atoms with Gasteiger partial charge in [-0.15, -0.1) is 11.3 Å². The first-order valence-corrected chi connectivity index (χ1v) is 42.9. The van der Waals surface area contributed by atoms with Crippen molar-refractivity contribution in [3.8, 4) is 83.6 Å². The Morgan fingerprint density at radius 3 is 1.27 bits per heavy atom. The van der Waals surface area contributed by atoms with Crippen LogP contribution in [0.1, 0.15) is 105 Å². The first-order chi connectivity index (χ1) is 57.1. The van der Waals surface area contributed by atoms with Gasteiger partial charge in [0.05, 0.1) is 16.7 Å². The minimum absolute atomic E-state index is 0.0590. The van der Waals surface area contributed by atoms with E-state index in [2.05, 4.69) is 426 Å². The lowest BCUT2D eigenvalue weighted by molar-refractivity contribution is 0.568. The average Bonchev–Trinajstić information content (AvgIpc) is 1.47. The summed E-state index contributed by atoms with van der Waals surface area (Å²) >= 11 is 2.00. The van der Waals surface area contributed by atoms with E-state index in [0.29, 0.717) is 0 Å². The topological polar surface area (TPSA) is 8.17 Å². The van der Waals surface area contributed by atoms with Crippen molar-refractivity contribution in [3.63, 3.8) is 0 Å². The molecule has 0 fully saturated rings. The Labute approximate surface area is 696 Å². The van der Waals surface area contributed by atoms with Crippen LogP contribution in [-0.4, -0.2) is 11.3 Å². The lowest BCUT2D eigenvalue weighted by Crippen LogP contribution is -2.59. The summed E-state index contributed by atoms with van der Waals surface area (Å²) in [7, 11) is 0. The lowest BCUT2D eigenvalue weighted by Gasteiger charge is -2.40. The van der Waals surface area contributed by atoms with Gasteiger partial charge in [0.1, 0.15) is 0 Å². The molecule has 2 aliphatic rings. The number of fused-ring (bicyclic) bond motifs is 23. The van der Waals surface area contributed by atoms with Crippen molar-refractivity contribution in [2.75, 3.05) is 4.90 Å². The van der Waals surface area contributed by atoms with Crippen LogP contribution < -0.4 is 20.6 Å². The molecule has 2 aromatic heterocycles. The Morgan fingerprint density at radius 1 is 0.271 bits per heavy atom. The third-order valence-electron chi connectivity index (χ3n) is 26.1. The highest BCUT2D eigenvalue weighted by molar-refractivity contribution is 7.33. The summed E-state index contributed by atoms with van der Waals surface area (Å²) in [5.41, 5.74) is 30.9. The summed E-state index contributed by atoms with van der Waals surface area (Å²) in [5.74, 6) is 0. The first kappa shape index (κ1) is 71.7. The lowest BCUT2D eigenvalue weighted by atomic mass is 9.36. The standard InChI is InChI=1S/C114H91BN2S/c1-111(2,3)73-53-59-101-94(64-73)108-110(118-101)115-97-67-93-85-49-29-27-45-81(85)83-47-31-33-51-88(83)104(93)106-105-98(58-56-89-84-48-28-26-44-80(84)82-46-30-32-50-87(82)103(89)105)117(109(97)106)100-63-72(62-99(107(100)115)116(108)75-54-57-95(113(7,8)9)90(66-75)86-55-52-74(112(4,5)6)65-96(86)114(10,11)12)102-91(78-42-24-22-40-76(78)69-36-18-14-19-37-69)60-71(68-34-16-13-17-35-68)61-92(102)79-43-25-23-41-77(79)70-38-20-15-21-39-70/h13-67H,1-12H3. The fourth-order valence-corrected chi connectivity index (χ4v) is 21.9. The zero-order valence-corrected chi connectivity index (χ0v) is 70.0. The van der Waals surface area contributed by atoms with Crippen LogP contribution in [0.2, 0.25) is 0 Å². The van der Waals surface area contributed by atoms with Crippen molar-refractivity contribution in [2.24, 2.45) is 0 Å². The smallest absolute Gasteiger partial charge is 0.264 e. The van der Waals surface area contributed by atoms with Crippen LogP contribution >= 0.6 is 11.3 Å². The minimum atomic E-state index is -0.235. The van der Waals surface area contributed by atoms with Crippen molar-refractivity contribution in [3.05, 3.63) is 356 Å². The number of aromatic nitrogens is 1. The molecule has 0 unspecified atom stereocenters. The van der Waals surface area contributed by atoms with E-state index in [-0.39, 0.29) is 28.4 Å². The number of rotatable bonds is 8. The number of anilines is 3. The van der Waals surface area contributed by atoms with Crippen LogP contribution in [0.25, 0.3) is 180 Å². The van der Waals surface area contributed by atoms with Gasteiger partial charge < -0.3 is 9.47 Å². The summed E-state index contributed by atoms with van der Waals surface area (Å²) in [6.45, 7) is 28.4. The van der Waals surface area contributed by atoms with E-state index in [9.17, 15) is 0 Å². The number of nitrogens with zero attached hydrogens (tertiary/aromatic N) is 2. The van der Waals surface area contributed by atoms with Crippen LogP contribution in [-0.2, 0) is 21.7 Å². The molecule has 0 aliphatic carbocycles. The largest absolute Gasteiger partial charge is 0.310 e. The van der Waals surface area contributed by atoms with E-state index in [4.69, 9.17) is 0 Å². The predicted molar refractivity (Wildman–Crippen MR) is 513 cm³/mol. The molecule has 118 heavy (non-hydrogen) atoms. The zero-order valence-electron chi connectivity index (χ0n) is 69.1. The van der Waals surface area contributed by atoms with E-state index >= 15 is 0 Å². The third kappa shape index (κ3) is 11.0. The molecular weight excluding hydrogens is 1440 g/mol. The Kier molecular flexibility index (Phi) is 16.0. The van der Waals surface area contributed by atoms with Gasteiger partial charge in [-0.2, -0.15) is 0 Å². The van der Waals surface area contributed by atoms with Gasteiger partial charge >= 0.3 is 0 Å². The zero-order chi connectivity index (χ0) is 80.2. The highest BCUT2D eigenvalue weighted by atomic mass is 32.1. The van der Waals surface area contributed by atoms with E-state index in [0.717, 1.165) is 67.0 Å². The second-order valence-electron chi connectivity index (χ2n) is 37.4. The van der Waals surface area contributed by atoms with Crippen molar-refractivity contribution < 1.29 is 0 Å². The minimum Gasteiger partial charge on any atom is -0.310 e. The van der Waals surface area contributed by atoms with E-state index in [1.54, 1.807) is 0 Å². The molecule has 0 bridgehead atoms. The number of hydrogen-bond donors (Lipinski definition) is 0. The second-order valence-corrected chi connectivity index (χ2v) is 38.4. The maximum atomic E-state index is 2.80. The molecular formula is C114H91BN2S. The molecule has 22 rings (SSSR count). The quantitative estimate of drug-likeness (QED) is 0.109. The van der Waals surface area contributed by atoms with Gasteiger partial charge in [0, 0.05) is 53.5 Å². The summed E-state index contributed by atoms with van der Waals surface area (Å²) < 4.78 is 5.42. The van der Waals surface area contributed by atoms with E-state index in [1.807, 2.05) is 11.3 Å². The van der Waals surface area contributed by atoms with Gasteiger partial charge in [-0.25, -0.2) is 0 Å². The molecule has 0 atom stereocenters. The van der Waals surface area contributed by atoms with E-state index in [1.165, 1.54) is 168 Å². The maximum absolute atomic E-state index is 2.80. The number of benzene rings is 18. The molecule has 4 heterocycles. The van der Waals surface area contributed by atoms with Crippen LogP contribution in [0.5, 0.6) is 0 Å². The molecule has 0 radical (unpaired) electrons. The number of thiophene rings is 1. The molecule has 0 amide bonds. The average molecular weight is 1530 g/mol. The summed E-state index contributed by atoms with van der Waals surface area (Å²) in [6, 6.07) is 129. The van der Waals surface area contributed by atoms with Gasteiger partial charge in [-0.3, -0.25) is 0 Å². The van der Waals surface area contributed by atoms with Crippen molar-refractivity contribution in [2.45, 2.75) is 105 Å². The molecule has 4 heteroatoms. The monoisotopic (exact) mass is 1530 g/mol. The Balaban J connectivity index is 0.989. The van der Waals surface area contributed by atoms with Gasteiger partial charge in [0.15, 0.2) is 0 Å². The van der Waals surface area contributed by atoms with Gasteiger partial charge in [-0.1, -0.05) is 362 Å². The van der Waals surface area contributed by atoms with E-state index < -0.39 is 0 Å². The Bertz CT molecular complexity index is 7500. The highest BCUT2D eigenvalue weighted by Crippen LogP contribution is 2.57. The summed E-state index contributed by atoms with van der Waals surface area (Å²) in [6.07, 6.45) is 0. The Morgan fingerprint density at radius 2 is 0.729 bits per heavy atom. The first-order valence-electron chi connectivity index (χ1n) is 42.1. The highest BCUT2D eigenvalue weighted by Gasteiger charge is 2.47. The van der Waals surface area contributed by atoms with Crippen LogP contribution in [0.3, 0.4) is 0 Å². The molecule has 2 aliphatic heterocycles. The van der Waals surface area contributed by atoms with Gasteiger partial charge in [0.2, 0.25) is 0 Å². The molecule has 0 saturated carbocycles. The summed E-state index contributed by atoms with van der Waals surface area (Å²) in [5, 5.41) is 19.0. The van der Waals surface area contributed by atoms with Gasteiger partial charge in [-0.05, 0) is 241 Å². The maximum Gasteiger partial charge on any atom is 0.264 e. The van der Waals surface area contributed by atoms with Gasteiger partial charge in [0.25, 0.3) is 6.71 Å². The molecule has 0 saturated heterocycles. The molecule has 18 aromatic carbocycles.